The minimum Gasteiger partial charge on any atom is -0.441 e. The third-order valence-corrected chi connectivity index (χ3v) is 5.80. The molecule has 150 valence electrons. The summed E-state index contributed by atoms with van der Waals surface area (Å²) in [6.07, 6.45) is 1.27. The number of benzene rings is 1. The van der Waals surface area contributed by atoms with Crippen molar-refractivity contribution >= 4 is 40.2 Å². The molecule has 5 rings (SSSR count). The van der Waals surface area contributed by atoms with E-state index in [0.717, 1.165) is 16.6 Å². The number of aromatic nitrogens is 3. The van der Waals surface area contributed by atoms with Gasteiger partial charge in [0.1, 0.15) is 11.3 Å². The molecule has 0 spiro atoms. The molecule has 0 radical (unpaired) electrons. The van der Waals surface area contributed by atoms with Gasteiger partial charge in [-0.25, -0.2) is 4.79 Å². The average molecular weight is 414 g/mol. The first-order chi connectivity index (χ1) is 13.8. The molecule has 0 unspecified atom stereocenters. The van der Waals surface area contributed by atoms with Crippen LogP contribution in [0.2, 0.25) is 5.02 Å². The van der Waals surface area contributed by atoms with Crippen LogP contribution in [0.1, 0.15) is 30.0 Å². The summed E-state index contributed by atoms with van der Waals surface area (Å²) >= 11 is 6.47. The Morgan fingerprint density at radius 1 is 1.28 bits per heavy atom. The van der Waals surface area contributed by atoms with E-state index in [9.17, 15) is 9.59 Å². The molecule has 1 fully saturated rings. The molecule has 0 aliphatic carbocycles. The van der Waals surface area contributed by atoms with Crippen LogP contribution in [0.5, 0.6) is 0 Å². The van der Waals surface area contributed by atoms with E-state index < -0.39 is 11.7 Å². The van der Waals surface area contributed by atoms with Crippen LogP contribution in [0.4, 0.5) is 10.5 Å². The molecule has 2 aromatic heterocycles. The van der Waals surface area contributed by atoms with E-state index in [-0.39, 0.29) is 5.91 Å². The van der Waals surface area contributed by atoms with Crippen molar-refractivity contribution in [3.05, 3.63) is 46.9 Å². The Morgan fingerprint density at radius 2 is 2.07 bits per heavy atom. The summed E-state index contributed by atoms with van der Waals surface area (Å²) in [5.74, 6) is -0.172. The van der Waals surface area contributed by atoms with E-state index in [2.05, 4.69) is 10.1 Å². The standard InChI is InChI=1S/C20H20ClN5O3/c1-20(2)11-25(19(28)29-20)14-9-22-26-8-7-24(10-15(14)26)18(27)17-16(21)12-5-3-4-6-13(12)23-17/h3-6,9,23H,7-8,10-11H2,1-2H3. The molecule has 9 heteroatoms. The van der Waals surface area contributed by atoms with E-state index in [1.165, 1.54) is 0 Å². The van der Waals surface area contributed by atoms with Gasteiger partial charge in [0, 0.05) is 17.4 Å². The SMILES string of the molecule is CC1(C)CN(c2cnn3c2CN(C(=O)c2[nH]c4ccccc4c2Cl)CC3)C(=O)O1. The van der Waals surface area contributed by atoms with E-state index in [1.54, 1.807) is 16.0 Å². The lowest BCUT2D eigenvalue weighted by Gasteiger charge is -2.29. The number of ether oxygens (including phenoxy) is 1. The maximum Gasteiger partial charge on any atom is 0.415 e. The molecule has 2 amide bonds. The first-order valence-electron chi connectivity index (χ1n) is 9.45. The minimum atomic E-state index is -0.562. The Kier molecular flexibility index (Phi) is 3.89. The summed E-state index contributed by atoms with van der Waals surface area (Å²) in [6.45, 7) is 5.57. The summed E-state index contributed by atoms with van der Waals surface area (Å²) in [6, 6.07) is 7.56. The Balaban J connectivity index is 1.45. The number of H-pyrrole nitrogens is 1. The molecule has 0 bridgehead atoms. The number of anilines is 1. The van der Waals surface area contributed by atoms with Crippen LogP contribution in [0.3, 0.4) is 0 Å². The van der Waals surface area contributed by atoms with Gasteiger partial charge in [0.2, 0.25) is 0 Å². The zero-order valence-electron chi connectivity index (χ0n) is 16.1. The third-order valence-electron chi connectivity index (χ3n) is 5.41. The molecule has 8 nitrogen and oxygen atoms in total. The van der Waals surface area contributed by atoms with Crippen LogP contribution in [0, 0.1) is 0 Å². The predicted molar refractivity (Wildman–Crippen MR) is 108 cm³/mol. The number of rotatable bonds is 2. The number of nitrogens with one attached hydrogen (secondary N) is 1. The van der Waals surface area contributed by atoms with Crippen molar-refractivity contribution in [1.29, 1.82) is 0 Å². The molecule has 2 aliphatic heterocycles. The number of aromatic amines is 1. The van der Waals surface area contributed by atoms with Crippen LogP contribution < -0.4 is 4.90 Å². The molecule has 0 atom stereocenters. The maximum atomic E-state index is 13.2. The van der Waals surface area contributed by atoms with Gasteiger partial charge in [0.05, 0.1) is 42.2 Å². The Morgan fingerprint density at radius 3 is 2.79 bits per heavy atom. The monoisotopic (exact) mass is 413 g/mol. The molecule has 1 aromatic carbocycles. The predicted octanol–water partition coefficient (Wildman–Crippen LogP) is 3.41. The summed E-state index contributed by atoms with van der Waals surface area (Å²) < 4.78 is 7.25. The van der Waals surface area contributed by atoms with Crippen molar-refractivity contribution in [3.63, 3.8) is 0 Å². The highest BCUT2D eigenvalue weighted by Gasteiger charge is 2.41. The molecule has 1 N–H and O–H groups in total. The molecular weight excluding hydrogens is 394 g/mol. The van der Waals surface area contributed by atoms with Crippen molar-refractivity contribution in [2.75, 3.05) is 18.0 Å². The van der Waals surface area contributed by atoms with Gasteiger partial charge >= 0.3 is 6.09 Å². The fourth-order valence-electron chi connectivity index (χ4n) is 4.00. The number of nitrogens with zero attached hydrogens (tertiary/aromatic N) is 4. The highest BCUT2D eigenvalue weighted by molar-refractivity contribution is 6.38. The zero-order chi connectivity index (χ0) is 20.3. The average Bonchev–Trinajstić information content (AvgIpc) is 3.34. The van der Waals surface area contributed by atoms with E-state index in [0.29, 0.717) is 42.6 Å². The Hall–Kier alpha value is -3.00. The second-order valence-corrected chi connectivity index (χ2v) is 8.38. The lowest BCUT2D eigenvalue weighted by atomic mass is 10.1. The molecule has 3 aromatic rings. The summed E-state index contributed by atoms with van der Waals surface area (Å²) in [5, 5.41) is 5.65. The number of halogens is 1. The van der Waals surface area contributed by atoms with Crippen molar-refractivity contribution in [3.8, 4) is 0 Å². The van der Waals surface area contributed by atoms with Gasteiger partial charge in [-0.15, -0.1) is 0 Å². The van der Waals surface area contributed by atoms with Crippen molar-refractivity contribution in [2.45, 2.75) is 32.5 Å². The van der Waals surface area contributed by atoms with Gasteiger partial charge in [-0.3, -0.25) is 14.4 Å². The number of amides is 2. The van der Waals surface area contributed by atoms with Gasteiger partial charge in [-0.2, -0.15) is 5.10 Å². The van der Waals surface area contributed by atoms with Crippen molar-refractivity contribution < 1.29 is 14.3 Å². The number of cyclic esters (lactones) is 1. The first-order valence-corrected chi connectivity index (χ1v) is 9.82. The van der Waals surface area contributed by atoms with Gasteiger partial charge in [-0.1, -0.05) is 29.8 Å². The topological polar surface area (TPSA) is 83.5 Å². The van der Waals surface area contributed by atoms with Gasteiger partial charge in [0.15, 0.2) is 0 Å². The van der Waals surface area contributed by atoms with Crippen molar-refractivity contribution in [1.82, 2.24) is 19.7 Å². The maximum absolute atomic E-state index is 13.2. The molecule has 1 saturated heterocycles. The van der Waals surface area contributed by atoms with Crippen LogP contribution >= 0.6 is 11.6 Å². The molecular formula is C20H20ClN5O3. The number of hydrogen-bond donors (Lipinski definition) is 1. The van der Waals surface area contributed by atoms with Crippen LogP contribution in [0.25, 0.3) is 10.9 Å². The molecule has 4 heterocycles. The van der Waals surface area contributed by atoms with E-state index in [1.807, 2.05) is 42.8 Å². The van der Waals surface area contributed by atoms with Crippen LogP contribution in [-0.2, 0) is 17.8 Å². The number of para-hydroxylation sites is 1. The first kappa shape index (κ1) is 18.1. The highest BCUT2D eigenvalue weighted by Crippen LogP contribution is 2.33. The number of carbonyl (C=O) groups is 2. The Labute approximate surface area is 172 Å². The molecule has 2 aliphatic rings. The Bertz CT molecular complexity index is 1150. The van der Waals surface area contributed by atoms with Crippen LogP contribution in [-0.4, -0.2) is 50.4 Å². The quantitative estimate of drug-likeness (QED) is 0.697. The molecule has 0 saturated carbocycles. The zero-order valence-corrected chi connectivity index (χ0v) is 16.9. The largest absolute Gasteiger partial charge is 0.441 e. The lowest BCUT2D eigenvalue weighted by molar-refractivity contribution is 0.0701. The fraction of sp³-hybridized carbons (Fsp3) is 0.350. The fourth-order valence-corrected chi connectivity index (χ4v) is 4.29. The molecule has 29 heavy (non-hydrogen) atoms. The second-order valence-electron chi connectivity index (χ2n) is 8.00. The van der Waals surface area contributed by atoms with E-state index >= 15 is 0 Å². The smallest absolute Gasteiger partial charge is 0.415 e. The lowest BCUT2D eigenvalue weighted by Crippen LogP contribution is -2.39. The minimum absolute atomic E-state index is 0.172. The number of carbonyl (C=O) groups excluding carboxylic acids is 2. The summed E-state index contributed by atoms with van der Waals surface area (Å²) in [7, 11) is 0. The summed E-state index contributed by atoms with van der Waals surface area (Å²) in [5.41, 5.74) is 2.13. The second kappa shape index (κ2) is 6.25. The third kappa shape index (κ3) is 2.86. The normalized spacial score (nSPS) is 18.2. The van der Waals surface area contributed by atoms with Gasteiger partial charge < -0.3 is 14.6 Å². The van der Waals surface area contributed by atoms with Crippen molar-refractivity contribution in [2.24, 2.45) is 0 Å². The number of fused-ring (bicyclic) bond motifs is 2. The van der Waals surface area contributed by atoms with Crippen LogP contribution in [0.15, 0.2) is 30.5 Å². The number of hydrogen-bond acceptors (Lipinski definition) is 4. The summed E-state index contributed by atoms with van der Waals surface area (Å²) in [4.78, 5) is 32.0. The highest BCUT2D eigenvalue weighted by atomic mass is 35.5. The van der Waals surface area contributed by atoms with Gasteiger partial charge in [-0.05, 0) is 19.9 Å². The van der Waals surface area contributed by atoms with E-state index in [4.69, 9.17) is 16.3 Å². The van der Waals surface area contributed by atoms with Gasteiger partial charge in [0.25, 0.3) is 5.91 Å².